The fourth-order valence-electron chi connectivity index (χ4n) is 1.26. The van der Waals surface area contributed by atoms with E-state index in [1.807, 2.05) is 0 Å². The number of nitrogens with one attached hydrogen (secondary N) is 2. The van der Waals surface area contributed by atoms with Crippen LogP contribution in [0.15, 0.2) is 29.3 Å². The standard InChI is InChI=1S/C10H10FN3O/c1-6-10(15)14-13-9(12-6)7-2-4-8(11)5-3-7/h2-6H,1H3,(H,12,13)(H,14,15). The summed E-state index contributed by atoms with van der Waals surface area (Å²) in [5, 5.41) is 0. The van der Waals surface area contributed by atoms with E-state index in [0.717, 1.165) is 5.56 Å². The summed E-state index contributed by atoms with van der Waals surface area (Å²) >= 11 is 0. The Kier molecular flexibility index (Phi) is 2.37. The third-order valence-electron chi connectivity index (χ3n) is 2.12. The summed E-state index contributed by atoms with van der Waals surface area (Å²) in [7, 11) is 0. The van der Waals surface area contributed by atoms with Crippen LogP contribution in [0.1, 0.15) is 12.5 Å². The zero-order chi connectivity index (χ0) is 10.8. The van der Waals surface area contributed by atoms with E-state index in [1.165, 1.54) is 12.1 Å². The van der Waals surface area contributed by atoms with Gasteiger partial charge in [0.25, 0.3) is 5.91 Å². The fourth-order valence-corrected chi connectivity index (χ4v) is 1.26. The molecule has 15 heavy (non-hydrogen) atoms. The Bertz CT molecular complexity index is 413. The molecule has 0 aromatic heterocycles. The number of hydrazine groups is 1. The van der Waals surface area contributed by atoms with Crippen molar-refractivity contribution in [2.45, 2.75) is 13.0 Å². The highest BCUT2D eigenvalue weighted by molar-refractivity contribution is 6.03. The van der Waals surface area contributed by atoms with Crippen LogP contribution < -0.4 is 10.9 Å². The fraction of sp³-hybridized carbons (Fsp3) is 0.200. The molecule has 1 atom stereocenters. The molecule has 1 heterocycles. The molecule has 0 aliphatic carbocycles. The van der Waals surface area contributed by atoms with Crippen LogP contribution in [-0.2, 0) is 4.79 Å². The van der Waals surface area contributed by atoms with Gasteiger partial charge in [-0.15, -0.1) is 0 Å². The number of carbonyl (C=O) groups is 1. The van der Waals surface area contributed by atoms with Crippen molar-refractivity contribution in [2.24, 2.45) is 4.99 Å². The Hall–Kier alpha value is -1.91. The number of benzene rings is 1. The number of amidine groups is 1. The van der Waals surface area contributed by atoms with E-state index >= 15 is 0 Å². The second-order valence-corrected chi connectivity index (χ2v) is 3.27. The first kappa shape index (κ1) is 9.64. The quantitative estimate of drug-likeness (QED) is 0.708. The second-order valence-electron chi connectivity index (χ2n) is 3.27. The minimum atomic E-state index is -0.425. The van der Waals surface area contributed by atoms with Crippen molar-refractivity contribution in [3.8, 4) is 0 Å². The molecule has 0 bridgehead atoms. The van der Waals surface area contributed by atoms with Gasteiger partial charge in [0, 0.05) is 5.56 Å². The predicted octanol–water partition coefficient (Wildman–Crippen LogP) is 0.595. The van der Waals surface area contributed by atoms with Crippen LogP contribution in [-0.4, -0.2) is 17.8 Å². The first-order valence-electron chi connectivity index (χ1n) is 4.56. The SMILES string of the molecule is CC1N=C(c2ccc(F)cc2)NNC1=O. The predicted molar refractivity (Wildman–Crippen MR) is 53.7 cm³/mol. The third kappa shape index (κ3) is 1.96. The molecule has 2 N–H and O–H groups in total. The minimum absolute atomic E-state index is 0.180. The van der Waals surface area contributed by atoms with Gasteiger partial charge in [-0.25, -0.2) is 4.39 Å². The largest absolute Gasteiger partial charge is 0.282 e. The number of aliphatic imine (C=N–C) groups is 1. The molecular weight excluding hydrogens is 197 g/mol. The van der Waals surface area contributed by atoms with Crippen molar-refractivity contribution in [1.82, 2.24) is 10.9 Å². The minimum Gasteiger partial charge on any atom is -0.282 e. The van der Waals surface area contributed by atoms with E-state index < -0.39 is 6.04 Å². The van der Waals surface area contributed by atoms with Crippen molar-refractivity contribution in [3.63, 3.8) is 0 Å². The van der Waals surface area contributed by atoms with Crippen LogP contribution in [0.4, 0.5) is 4.39 Å². The van der Waals surface area contributed by atoms with Crippen LogP contribution in [0.3, 0.4) is 0 Å². The van der Waals surface area contributed by atoms with Gasteiger partial charge in [0.15, 0.2) is 0 Å². The lowest BCUT2D eigenvalue weighted by molar-refractivity contribution is -0.122. The maximum absolute atomic E-state index is 12.7. The molecule has 0 saturated carbocycles. The Morgan fingerprint density at radius 1 is 1.27 bits per heavy atom. The zero-order valence-corrected chi connectivity index (χ0v) is 8.12. The summed E-state index contributed by atoms with van der Waals surface area (Å²) in [6.45, 7) is 1.69. The Morgan fingerprint density at radius 3 is 2.53 bits per heavy atom. The topological polar surface area (TPSA) is 53.5 Å². The van der Waals surface area contributed by atoms with Gasteiger partial charge in [0.1, 0.15) is 17.7 Å². The molecule has 0 saturated heterocycles. The van der Waals surface area contributed by atoms with Crippen molar-refractivity contribution in [2.75, 3.05) is 0 Å². The zero-order valence-electron chi connectivity index (χ0n) is 8.12. The van der Waals surface area contributed by atoms with E-state index in [0.29, 0.717) is 5.84 Å². The summed E-state index contributed by atoms with van der Waals surface area (Å²) in [5.41, 5.74) is 5.88. The maximum Gasteiger partial charge on any atom is 0.262 e. The van der Waals surface area contributed by atoms with Gasteiger partial charge in [0.2, 0.25) is 0 Å². The number of hydrogen-bond donors (Lipinski definition) is 2. The summed E-state index contributed by atoms with van der Waals surface area (Å²) in [6, 6.07) is 5.48. The lowest BCUT2D eigenvalue weighted by atomic mass is 10.2. The summed E-state index contributed by atoms with van der Waals surface area (Å²) in [4.78, 5) is 15.2. The van der Waals surface area contributed by atoms with Gasteiger partial charge >= 0.3 is 0 Å². The van der Waals surface area contributed by atoms with E-state index in [4.69, 9.17) is 0 Å². The summed E-state index contributed by atoms with van der Waals surface area (Å²) in [5.74, 6) is 0.0650. The van der Waals surface area contributed by atoms with E-state index in [1.54, 1.807) is 19.1 Å². The van der Waals surface area contributed by atoms with Crippen LogP contribution >= 0.6 is 0 Å². The highest BCUT2D eigenvalue weighted by Crippen LogP contribution is 2.06. The van der Waals surface area contributed by atoms with Crippen molar-refractivity contribution >= 4 is 11.7 Å². The first-order chi connectivity index (χ1) is 7.16. The lowest BCUT2D eigenvalue weighted by Crippen LogP contribution is -2.50. The van der Waals surface area contributed by atoms with Crippen LogP contribution in [0.25, 0.3) is 0 Å². The van der Waals surface area contributed by atoms with E-state index in [-0.39, 0.29) is 11.7 Å². The number of amides is 1. The van der Waals surface area contributed by atoms with Gasteiger partial charge in [-0.3, -0.25) is 20.6 Å². The lowest BCUT2D eigenvalue weighted by Gasteiger charge is -2.19. The van der Waals surface area contributed by atoms with Gasteiger partial charge in [-0.1, -0.05) is 0 Å². The number of hydrogen-bond acceptors (Lipinski definition) is 3. The molecule has 0 spiro atoms. The Labute approximate surface area is 86.2 Å². The number of nitrogens with zero attached hydrogens (tertiary/aromatic N) is 1. The average Bonchev–Trinajstić information content (AvgIpc) is 2.23. The molecule has 1 aromatic carbocycles. The van der Waals surface area contributed by atoms with Gasteiger partial charge < -0.3 is 0 Å². The summed E-state index contributed by atoms with van der Waals surface area (Å²) < 4.78 is 12.7. The third-order valence-corrected chi connectivity index (χ3v) is 2.12. The molecule has 1 aliphatic rings. The first-order valence-corrected chi connectivity index (χ1v) is 4.56. The normalized spacial score (nSPS) is 20.3. The van der Waals surface area contributed by atoms with Crippen LogP contribution in [0, 0.1) is 5.82 Å². The van der Waals surface area contributed by atoms with Gasteiger partial charge in [-0.2, -0.15) is 0 Å². The highest BCUT2D eigenvalue weighted by Gasteiger charge is 2.18. The molecule has 1 amide bonds. The average molecular weight is 207 g/mol. The van der Waals surface area contributed by atoms with Crippen LogP contribution in [0.5, 0.6) is 0 Å². The molecule has 1 unspecified atom stereocenters. The smallest absolute Gasteiger partial charge is 0.262 e. The van der Waals surface area contributed by atoms with Crippen molar-refractivity contribution < 1.29 is 9.18 Å². The molecular formula is C10H10FN3O. The van der Waals surface area contributed by atoms with Crippen molar-refractivity contribution in [1.29, 1.82) is 0 Å². The molecule has 78 valence electrons. The molecule has 0 radical (unpaired) electrons. The summed E-state index contributed by atoms with van der Waals surface area (Å²) in [6.07, 6.45) is 0. The van der Waals surface area contributed by atoms with E-state index in [2.05, 4.69) is 15.8 Å². The number of rotatable bonds is 1. The molecule has 5 heteroatoms. The van der Waals surface area contributed by atoms with Crippen molar-refractivity contribution in [3.05, 3.63) is 35.6 Å². The molecule has 1 aliphatic heterocycles. The Morgan fingerprint density at radius 2 is 1.93 bits per heavy atom. The Balaban J connectivity index is 2.28. The monoisotopic (exact) mass is 207 g/mol. The second kappa shape index (κ2) is 3.68. The number of carbonyl (C=O) groups excluding carboxylic acids is 1. The molecule has 2 rings (SSSR count). The van der Waals surface area contributed by atoms with Crippen LogP contribution in [0.2, 0.25) is 0 Å². The van der Waals surface area contributed by atoms with Gasteiger partial charge in [-0.05, 0) is 31.2 Å². The highest BCUT2D eigenvalue weighted by atomic mass is 19.1. The van der Waals surface area contributed by atoms with Gasteiger partial charge in [0.05, 0.1) is 0 Å². The number of halogens is 1. The maximum atomic E-state index is 12.7. The molecule has 1 aromatic rings. The molecule has 4 nitrogen and oxygen atoms in total. The molecule has 0 fully saturated rings. The van der Waals surface area contributed by atoms with E-state index in [9.17, 15) is 9.18 Å².